The summed E-state index contributed by atoms with van der Waals surface area (Å²) >= 11 is 6.26. The summed E-state index contributed by atoms with van der Waals surface area (Å²) < 4.78 is 37.0. The van der Waals surface area contributed by atoms with Crippen LogP contribution in [0, 0.1) is 28.9 Å². The zero-order chi connectivity index (χ0) is 33.8. The van der Waals surface area contributed by atoms with Crippen molar-refractivity contribution in [2.75, 3.05) is 32.1 Å². The van der Waals surface area contributed by atoms with Gasteiger partial charge in [-0.05, 0) is 53.1 Å². The monoisotopic (exact) mass is 671 g/mol. The van der Waals surface area contributed by atoms with Gasteiger partial charge in [0.1, 0.15) is 17.5 Å². The third-order valence-corrected chi connectivity index (χ3v) is 10.7. The number of amides is 2. The van der Waals surface area contributed by atoms with E-state index >= 15 is 4.39 Å². The summed E-state index contributed by atoms with van der Waals surface area (Å²) in [6.45, 7) is 17.3. The molecular formula is C36H48ClF2N3O3Si. The summed E-state index contributed by atoms with van der Waals surface area (Å²) in [5.41, 5.74) is 2.03. The number of halogens is 3. The van der Waals surface area contributed by atoms with Crippen LogP contribution in [-0.2, 0) is 16.1 Å². The molecule has 2 aromatic carbocycles. The molecule has 0 bridgehead atoms. The van der Waals surface area contributed by atoms with E-state index in [-0.39, 0.29) is 35.3 Å². The first-order valence-electron chi connectivity index (χ1n) is 16.0. The average Bonchev–Trinajstić information content (AvgIpc) is 3.55. The molecule has 3 atom stereocenters. The van der Waals surface area contributed by atoms with Gasteiger partial charge in [0.05, 0.1) is 12.6 Å². The molecule has 250 valence electrons. The van der Waals surface area contributed by atoms with Crippen LogP contribution in [0.3, 0.4) is 0 Å². The molecule has 0 unspecified atom stereocenters. The molecule has 4 rings (SSSR count). The van der Waals surface area contributed by atoms with Crippen LogP contribution in [0.4, 0.5) is 13.6 Å². The first kappa shape index (κ1) is 35.7. The van der Waals surface area contributed by atoms with Crippen molar-refractivity contribution in [3.8, 4) is 11.1 Å². The van der Waals surface area contributed by atoms with Crippen LogP contribution >= 0.6 is 11.6 Å². The van der Waals surface area contributed by atoms with E-state index < -0.39 is 31.2 Å². The Labute approximate surface area is 278 Å². The number of alkyl halides is 1. The quantitative estimate of drug-likeness (QED) is 0.151. The Kier molecular flexibility index (Phi) is 11.4. The Hall–Kier alpha value is -3.17. The van der Waals surface area contributed by atoms with E-state index in [0.717, 1.165) is 29.4 Å². The molecule has 0 aliphatic carbocycles. The van der Waals surface area contributed by atoms with Crippen LogP contribution in [0.15, 0.2) is 60.8 Å². The standard InChI is InChI=1S/C36H48ClF2N3O3Si/c1-25-20-41(35(44)45-15-16-46(5,6)7)23-28(25)24-42(33(43)19-37)34(36(2,3)4)32-17-27(30-18-29(38)13-14-31(30)39)22-40(32)21-26-11-9-8-10-12-26/h8-14,17-18,22,25,28,34H,15-16,19-21,23-24H2,1-7H3/t25-,28-,34-/m0/s1. The topological polar surface area (TPSA) is 54.8 Å². The summed E-state index contributed by atoms with van der Waals surface area (Å²) in [5, 5.41) is 0. The number of benzene rings is 2. The first-order valence-corrected chi connectivity index (χ1v) is 20.3. The van der Waals surface area contributed by atoms with Gasteiger partial charge in [0.15, 0.2) is 0 Å². The zero-order valence-electron chi connectivity index (χ0n) is 28.2. The minimum absolute atomic E-state index is 0.000715. The van der Waals surface area contributed by atoms with Gasteiger partial charge >= 0.3 is 6.09 Å². The summed E-state index contributed by atoms with van der Waals surface area (Å²) in [4.78, 5) is 30.3. The van der Waals surface area contributed by atoms with Gasteiger partial charge in [0.2, 0.25) is 5.91 Å². The third-order valence-electron chi connectivity index (χ3n) is 8.75. The number of carbonyl (C=O) groups is 2. The molecule has 1 aliphatic heterocycles. The van der Waals surface area contributed by atoms with Gasteiger partial charge in [0.25, 0.3) is 0 Å². The maximum absolute atomic E-state index is 15.1. The second-order valence-corrected chi connectivity index (χ2v) is 20.8. The predicted octanol–water partition coefficient (Wildman–Crippen LogP) is 8.68. The highest BCUT2D eigenvalue weighted by Crippen LogP contribution is 2.42. The van der Waals surface area contributed by atoms with Gasteiger partial charge in [-0.2, -0.15) is 0 Å². The van der Waals surface area contributed by atoms with Crippen LogP contribution in [0.2, 0.25) is 25.7 Å². The van der Waals surface area contributed by atoms with Gasteiger partial charge < -0.3 is 19.1 Å². The molecule has 6 nitrogen and oxygen atoms in total. The van der Waals surface area contributed by atoms with Gasteiger partial charge in [-0.3, -0.25) is 4.79 Å². The van der Waals surface area contributed by atoms with Crippen molar-refractivity contribution in [2.45, 2.75) is 66.0 Å². The highest BCUT2D eigenvalue weighted by atomic mass is 35.5. The first-order chi connectivity index (χ1) is 21.6. The molecule has 1 saturated heterocycles. The maximum Gasteiger partial charge on any atom is 0.409 e. The Morgan fingerprint density at radius 1 is 1.07 bits per heavy atom. The number of nitrogens with zero attached hydrogens (tertiary/aromatic N) is 3. The molecule has 1 aromatic heterocycles. The van der Waals surface area contributed by atoms with E-state index in [2.05, 4.69) is 47.3 Å². The number of aromatic nitrogens is 1. The summed E-state index contributed by atoms with van der Waals surface area (Å²) in [6, 6.07) is 15.6. The molecule has 2 amide bonds. The molecule has 1 aliphatic rings. The Morgan fingerprint density at radius 2 is 1.76 bits per heavy atom. The molecule has 0 radical (unpaired) electrons. The minimum atomic E-state index is -1.34. The molecule has 1 fully saturated rings. The number of carbonyl (C=O) groups excluding carboxylic acids is 2. The highest BCUT2D eigenvalue weighted by molar-refractivity contribution is 6.76. The second kappa shape index (κ2) is 14.7. The molecule has 0 N–H and O–H groups in total. The fraction of sp³-hybridized carbons (Fsp3) is 0.500. The number of hydrogen-bond donors (Lipinski definition) is 0. The predicted molar refractivity (Wildman–Crippen MR) is 184 cm³/mol. The lowest BCUT2D eigenvalue weighted by Gasteiger charge is -2.42. The van der Waals surface area contributed by atoms with E-state index in [1.54, 1.807) is 4.90 Å². The molecule has 0 spiro atoms. The van der Waals surface area contributed by atoms with Crippen molar-refractivity contribution < 1.29 is 23.1 Å². The van der Waals surface area contributed by atoms with E-state index in [1.807, 2.05) is 52.1 Å². The fourth-order valence-electron chi connectivity index (χ4n) is 6.25. The average molecular weight is 672 g/mol. The van der Waals surface area contributed by atoms with Crippen molar-refractivity contribution in [3.63, 3.8) is 0 Å². The molecule has 0 saturated carbocycles. The number of likely N-dealkylation sites (tertiary alicyclic amines) is 1. The lowest BCUT2D eigenvalue weighted by atomic mass is 9.82. The van der Waals surface area contributed by atoms with E-state index in [1.165, 1.54) is 6.07 Å². The molecule has 2 heterocycles. The maximum atomic E-state index is 15.1. The second-order valence-electron chi connectivity index (χ2n) is 14.9. The van der Waals surface area contributed by atoms with Crippen LogP contribution in [0.1, 0.15) is 45.0 Å². The van der Waals surface area contributed by atoms with Crippen molar-refractivity contribution in [1.29, 1.82) is 0 Å². The minimum Gasteiger partial charge on any atom is -0.450 e. The van der Waals surface area contributed by atoms with E-state index in [9.17, 15) is 14.0 Å². The summed E-state index contributed by atoms with van der Waals surface area (Å²) in [6.07, 6.45) is 1.52. The van der Waals surface area contributed by atoms with E-state index in [0.29, 0.717) is 38.3 Å². The highest BCUT2D eigenvalue weighted by Gasteiger charge is 2.41. The SMILES string of the molecule is C[C@H]1CN(C(=O)OCC[Si](C)(C)C)C[C@H]1CN(C(=O)CCl)[C@@H](c1cc(-c2cc(F)ccc2F)cn1Cc1ccccc1)C(C)(C)C. The molecule has 10 heteroatoms. The summed E-state index contributed by atoms with van der Waals surface area (Å²) in [7, 11) is -1.34. The lowest BCUT2D eigenvalue weighted by molar-refractivity contribution is -0.134. The van der Waals surface area contributed by atoms with Crippen molar-refractivity contribution in [1.82, 2.24) is 14.4 Å². The van der Waals surface area contributed by atoms with Crippen LogP contribution in [-0.4, -0.2) is 66.6 Å². The zero-order valence-corrected chi connectivity index (χ0v) is 29.9. The Bertz CT molecular complexity index is 1500. The molecule has 3 aromatic rings. The molecular weight excluding hydrogens is 624 g/mol. The largest absolute Gasteiger partial charge is 0.450 e. The Morgan fingerprint density at radius 3 is 2.39 bits per heavy atom. The third kappa shape index (κ3) is 9.00. The van der Waals surface area contributed by atoms with Gasteiger partial charge in [-0.15, -0.1) is 11.6 Å². The van der Waals surface area contributed by atoms with Crippen LogP contribution < -0.4 is 0 Å². The number of rotatable bonds is 11. The van der Waals surface area contributed by atoms with Gasteiger partial charge in [-0.25, -0.2) is 13.6 Å². The fourth-order valence-corrected chi connectivity index (χ4v) is 7.12. The van der Waals surface area contributed by atoms with Crippen molar-refractivity contribution in [2.24, 2.45) is 17.3 Å². The normalized spacial score (nSPS) is 17.7. The van der Waals surface area contributed by atoms with Crippen LogP contribution in [0.5, 0.6) is 0 Å². The number of hydrogen-bond acceptors (Lipinski definition) is 3. The number of ether oxygens (including phenoxy) is 1. The lowest BCUT2D eigenvalue weighted by Crippen LogP contribution is -2.46. The van der Waals surface area contributed by atoms with E-state index in [4.69, 9.17) is 16.3 Å². The molecule has 46 heavy (non-hydrogen) atoms. The van der Waals surface area contributed by atoms with Crippen LogP contribution in [0.25, 0.3) is 11.1 Å². The van der Waals surface area contributed by atoms with Gasteiger partial charge in [-0.1, -0.05) is 77.7 Å². The summed E-state index contributed by atoms with van der Waals surface area (Å²) in [5.74, 6) is -1.36. The van der Waals surface area contributed by atoms with Gasteiger partial charge in [0, 0.05) is 57.3 Å². The van der Waals surface area contributed by atoms with Crippen molar-refractivity contribution in [3.05, 3.63) is 83.7 Å². The smallest absolute Gasteiger partial charge is 0.409 e. The van der Waals surface area contributed by atoms with Crippen molar-refractivity contribution >= 4 is 31.7 Å². The Balaban J connectivity index is 1.71.